The van der Waals surface area contributed by atoms with Gasteiger partial charge in [0, 0.05) is 22.7 Å². The molecule has 1 saturated carbocycles. The summed E-state index contributed by atoms with van der Waals surface area (Å²) < 4.78 is 32.9. The Balaban J connectivity index is 1.58. The van der Waals surface area contributed by atoms with Crippen LogP contribution in [0.15, 0.2) is 66.7 Å². The average molecular weight is 656 g/mol. The molecular weight excluding hydrogens is 622 g/mol. The summed E-state index contributed by atoms with van der Waals surface area (Å²) in [6.45, 7) is -0.109. The summed E-state index contributed by atoms with van der Waals surface area (Å²) in [6, 6.07) is 15.9. The lowest BCUT2D eigenvalue weighted by Crippen LogP contribution is -2.59. The second-order valence-electron chi connectivity index (χ2n) is 11.2. The van der Waals surface area contributed by atoms with E-state index in [-0.39, 0.29) is 18.1 Å². The molecule has 0 unspecified atom stereocenters. The van der Waals surface area contributed by atoms with E-state index >= 15 is 0 Å². The van der Waals surface area contributed by atoms with Crippen molar-refractivity contribution in [2.75, 3.05) is 13.4 Å². The highest BCUT2D eigenvalue weighted by molar-refractivity contribution is 7.88. The first-order valence-electron chi connectivity index (χ1n) is 14.4. The molecule has 3 N–H and O–H groups in total. The van der Waals surface area contributed by atoms with Gasteiger partial charge in [-0.15, -0.1) is 0 Å². The molecule has 5 rings (SSSR count). The molecule has 45 heavy (non-hydrogen) atoms. The molecule has 238 valence electrons. The molecule has 1 fully saturated rings. The number of carbonyl (C=O) groups excluding carboxylic acids is 2. The number of hydrogen-bond acceptors (Lipinski definition) is 7. The standard InChI is InChI=1S/C32H34ClN3O8S/c1-43-23-14-15-24-25(17-23)28(30(37)34-44-18-19-6-5-7-21(16-19)32(39)40)29(20-10-12-22(33)13-11-20)36(31(24)38)27-9-4-3-8-26(27)35-45(2,41)42/h5-7,10-17,26-29,35H,3-4,8-9,18H2,1-2H3,(H,34,37)(H,39,40)/t26-,27-,28+,29-/m0/s1. The van der Waals surface area contributed by atoms with Crippen LogP contribution in [0, 0.1) is 0 Å². The van der Waals surface area contributed by atoms with Crippen LogP contribution in [0.4, 0.5) is 0 Å². The minimum atomic E-state index is -3.60. The third kappa shape index (κ3) is 7.30. The van der Waals surface area contributed by atoms with Crippen molar-refractivity contribution in [2.24, 2.45) is 0 Å². The second-order valence-corrected chi connectivity index (χ2v) is 13.5. The Kier molecular flexibility index (Phi) is 9.78. The molecule has 1 aliphatic carbocycles. The van der Waals surface area contributed by atoms with Crippen LogP contribution in [-0.2, 0) is 26.3 Å². The summed E-state index contributed by atoms with van der Waals surface area (Å²) >= 11 is 6.23. The van der Waals surface area contributed by atoms with Gasteiger partial charge in [0.25, 0.3) is 11.8 Å². The van der Waals surface area contributed by atoms with Crippen LogP contribution in [0.3, 0.4) is 0 Å². The molecule has 2 aliphatic rings. The molecule has 1 heterocycles. The summed E-state index contributed by atoms with van der Waals surface area (Å²) in [5, 5.41) is 9.79. The number of hydrogen-bond donors (Lipinski definition) is 3. The normalized spacial score (nSPS) is 21.6. The highest BCUT2D eigenvalue weighted by atomic mass is 35.5. The van der Waals surface area contributed by atoms with Gasteiger partial charge in [-0.25, -0.2) is 23.4 Å². The van der Waals surface area contributed by atoms with Gasteiger partial charge < -0.3 is 14.7 Å². The smallest absolute Gasteiger partial charge is 0.335 e. The van der Waals surface area contributed by atoms with E-state index < -0.39 is 45.9 Å². The Hall–Kier alpha value is -3.97. The number of carboxylic acids is 1. The van der Waals surface area contributed by atoms with Gasteiger partial charge in [0.05, 0.1) is 37.5 Å². The van der Waals surface area contributed by atoms with Gasteiger partial charge in [0.2, 0.25) is 10.0 Å². The number of hydroxylamine groups is 1. The monoisotopic (exact) mass is 655 g/mol. The van der Waals surface area contributed by atoms with Crippen molar-refractivity contribution < 1.29 is 37.5 Å². The third-order valence-corrected chi connectivity index (χ3v) is 9.19. The van der Waals surface area contributed by atoms with Gasteiger partial charge in [-0.1, -0.05) is 48.7 Å². The van der Waals surface area contributed by atoms with E-state index in [4.69, 9.17) is 21.2 Å². The molecule has 3 aromatic carbocycles. The summed E-state index contributed by atoms with van der Waals surface area (Å²) in [4.78, 5) is 47.2. The van der Waals surface area contributed by atoms with E-state index in [9.17, 15) is 27.9 Å². The first-order valence-corrected chi connectivity index (χ1v) is 16.7. The number of nitrogens with zero attached hydrogens (tertiary/aromatic N) is 1. The molecule has 0 bridgehead atoms. The topological polar surface area (TPSA) is 151 Å². The minimum Gasteiger partial charge on any atom is -0.497 e. The fourth-order valence-corrected chi connectivity index (χ4v) is 7.23. The maximum absolute atomic E-state index is 14.4. The van der Waals surface area contributed by atoms with Crippen molar-refractivity contribution in [2.45, 2.75) is 56.3 Å². The zero-order chi connectivity index (χ0) is 32.3. The second kappa shape index (κ2) is 13.6. The van der Waals surface area contributed by atoms with Crippen LogP contribution in [0.2, 0.25) is 5.02 Å². The van der Waals surface area contributed by atoms with E-state index in [1.165, 1.54) is 19.2 Å². The highest BCUT2D eigenvalue weighted by Crippen LogP contribution is 2.47. The molecule has 0 radical (unpaired) electrons. The summed E-state index contributed by atoms with van der Waals surface area (Å²) in [7, 11) is -2.12. The summed E-state index contributed by atoms with van der Waals surface area (Å²) in [5.74, 6) is -2.53. The Morgan fingerprint density at radius 3 is 2.47 bits per heavy atom. The van der Waals surface area contributed by atoms with Crippen molar-refractivity contribution in [1.29, 1.82) is 0 Å². The molecule has 11 nitrogen and oxygen atoms in total. The van der Waals surface area contributed by atoms with Gasteiger partial charge in [-0.05, 0) is 72.0 Å². The van der Waals surface area contributed by atoms with Crippen LogP contribution in [0.1, 0.15) is 75.0 Å². The minimum absolute atomic E-state index is 0.0809. The van der Waals surface area contributed by atoms with Gasteiger partial charge in [0.15, 0.2) is 0 Å². The molecule has 0 spiro atoms. The van der Waals surface area contributed by atoms with Crippen molar-refractivity contribution in [1.82, 2.24) is 15.1 Å². The van der Waals surface area contributed by atoms with Crippen LogP contribution in [0.25, 0.3) is 0 Å². The number of amides is 2. The van der Waals surface area contributed by atoms with Crippen molar-refractivity contribution in [3.05, 3.63) is 99.6 Å². The highest BCUT2D eigenvalue weighted by Gasteiger charge is 2.49. The van der Waals surface area contributed by atoms with Gasteiger partial charge in [0.1, 0.15) is 5.75 Å². The lowest BCUT2D eigenvalue weighted by Gasteiger charge is -2.49. The van der Waals surface area contributed by atoms with Crippen molar-refractivity contribution in [3.63, 3.8) is 0 Å². The number of benzene rings is 3. The zero-order valence-electron chi connectivity index (χ0n) is 24.7. The number of aromatic carboxylic acids is 1. The average Bonchev–Trinajstić information content (AvgIpc) is 3.01. The number of fused-ring (bicyclic) bond motifs is 1. The van der Waals surface area contributed by atoms with Crippen LogP contribution < -0.4 is 14.9 Å². The predicted molar refractivity (Wildman–Crippen MR) is 166 cm³/mol. The van der Waals surface area contributed by atoms with Crippen molar-refractivity contribution >= 4 is 39.4 Å². The fourth-order valence-electron chi connectivity index (χ4n) is 6.28. The van der Waals surface area contributed by atoms with E-state index in [2.05, 4.69) is 10.2 Å². The number of ether oxygens (including phenoxy) is 1. The molecule has 13 heteroatoms. The SMILES string of the molecule is COc1ccc2c(c1)[C@@H](C(=O)NOCc1cccc(C(=O)O)c1)[C@H](c1ccc(Cl)cc1)N([C@H]1CCCC[C@@H]1NS(C)(=O)=O)C2=O. The molecule has 2 amide bonds. The molecule has 0 saturated heterocycles. The Labute approximate surface area is 266 Å². The van der Waals surface area contributed by atoms with Crippen LogP contribution in [0.5, 0.6) is 5.75 Å². The van der Waals surface area contributed by atoms with E-state index in [1.54, 1.807) is 59.5 Å². The number of rotatable bonds is 10. The molecule has 4 atom stereocenters. The molecular formula is C32H34ClN3O8S. The third-order valence-electron chi connectivity index (χ3n) is 8.21. The van der Waals surface area contributed by atoms with Gasteiger partial charge in [-0.2, -0.15) is 0 Å². The summed E-state index contributed by atoms with van der Waals surface area (Å²) in [6.07, 6.45) is 3.70. The van der Waals surface area contributed by atoms with E-state index in [0.717, 1.165) is 19.1 Å². The lowest BCUT2D eigenvalue weighted by atomic mass is 9.76. The molecule has 3 aromatic rings. The Bertz CT molecular complexity index is 1700. The largest absolute Gasteiger partial charge is 0.497 e. The fraction of sp³-hybridized carbons (Fsp3) is 0.344. The van der Waals surface area contributed by atoms with Crippen LogP contribution in [-0.4, -0.2) is 61.7 Å². The number of methoxy groups -OCH3 is 1. The van der Waals surface area contributed by atoms with E-state index in [0.29, 0.717) is 45.9 Å². The number of nitrogens with one attached hydrogen (secondary N) is 2. The maximum atomic E-state index is 14.4. The first-order chi connectivity index (χ1) is 21.5. The van der Waals surface area contributed by atoms with Gasteiger partial charge in [-0.3, -0.25) is 14.4 Å². The predicted octanol–water partition coefficient (Wildman–Crippen LogP) is 4.44. The van der Waals surface area contributed by atoms with Gasteiger partial charge >= 0.3 is 5.97 Å². The molecule has 0 aromatic heterocycles. The van der Waals surface area contributed by atoms with E-state index in [1.807, 2.05) is 0 Å². The molecule has 1 aliphatic heterocycles. The summed E-state index contributed by atoms with van der Waals surface area (Å²) in [5.41, 5.74) is 4.48. The Morgan fingerprint density at radius 1 is 1.04 bits per heavy atom. The number of sulfonamides is 1. The number of halogens is 1. The maximum Gasteiger partial charge on any atom is 0.335 e. The van der Waals surface area contributed by atoms with Crippen LogP contribution >= 0.6 is 11.6 Å². The lowest BCUT2D eigenvalue weighted by molar-refractivity contribution is -0.138. The first kappa shape index (κ1) is 32.4. The Morgan fingerprint density at radius 2 is 1.78 bits per heavy atom. The number of carbonyl (C=O) groups is 3. The quantitative estimate of drug-likeness (QED) is 0.271. The zero-order valence-corrected chi connectivity index (χ0v) is 26.3. The van der Waals surface area contributed by atoms with Crippen molar-refractivity contribution in [3.8, 4) is 5.75 Å². The number of carboxylic acid groups (broad SMARTS) is 1.